The third kappa shape index (κ3) is 4.69. The van der Waals surface area contributed by atoms with Crippen molar-refractivity contribution in [2.24, 2.45) is 0 Å². The number of anilines is 2. The van der Waals surface area contributed by atoms with Gasteiger partial charge < -0.3 is 15.4 Å². The maximum Gasteiger partial charge on any atom is 0.128 e. The van der Waals surface area contributed by atoms with Crippen molar-refractivity contribution in [1.29, 1.82) is 0 Å². The van der Waals surface area contributed by atoms with Crippen molar-refractivity contribution >= 4 is 11.6 Å². The highest BCUT2D eigenvalue weighted by atomic mass is 16.5. The molecule has 1 unspecified atom stereocenters. The number of rotatable bonds is 6. The fourth-order valence-electron chi connectivity index (χ4n) is 2.26. The number of aromatic nitrogens is 1. The van der Waals surface area contributed by atoms with Gasteiger partial charge in [-0.2, -0.15) is 0 Å². The van der Waals surface area contributed by atoms with Crippen LogP contribution in [-0.2, 0) is 4.74 Å². The molecule has 0 bridgehead atoms. The SMILES string of the molecule is CCNc1cccc(NC(C)CN2CCOCC2)n1. The van der Waals surface area contributed by atoms with Crippen LogP contribution in [0.4, 0.5) is 11.6 Å². The van der Waals surface area contributed by atoms with Gasteiger partial charge in [0.05, 0.1) is 13.2 Å². The minimum atomic E-state index is 0.377. The van der Waals surface area contributed by atoms with Gasteiger partial charge in [-0.25, -0.2) is 4.98 Å². The molecule has 5 heteroatoms. The number of hydrogen-bond acceptors (Lipinski definition) is 5. The monoisotopic (exact) mass is 264 g/mol. The predicted molar refractivity (Wildman–Crippen MR) is 78.7 cm³/mol. The summed E-state index contributed by atoms with van der Waals surface area (Å²) in [6.45, 7) is 9.92. The van der Waals surface area contributed by atoms with Crippen molar-refractivity contribution < 1.29 is 4.74 Å². The first-order valence-electron chi connectivity index (χ1n) is 7.05. The molecule has 1 aromatic rings. The van der Waals surface area contributed by atoms with Crippen molar-refractivity contribution in [3.8, 4) is 0 Å². The Morgan fingerprint density at radius 2 is 2.05 bits per heavy atom. The Morgan fingerprint density at radius 3 is 2.79 bits per heavy atom. The number of hydrogen-bond donors (Lipinski definition) is 2. The normalized spacial score (nSPS) is 18.0. The van der Waals surface area contributed by atoms with Gasteiger partial charge in [0.25, 0.3) is 0 Å². The van der Waals surface area contributed by atoms with Crippen LogP contribution in [0.25, 0.3) is 0 Å². The van der Waals surface area contributed by atoms with Crippen LogP contribution in [0, 0.1) is 0 Å². The van der Waals surface area contributed by atoms with E-state index >= 15 is 0 Å². The molecule has 1 aliphatic rings. The molecule has 0 aromatic carbocycles. The second kappa shape index (κ2) is 7.31. The maximum absolute atomic E-state index is 5.36. The van der Waals surface area contributed by atoms with Gasteiger partial charge in [-0.1, -0.05) is 6.07 Å². The summed E-state index contributed by atoms with van der Waals surface area (Å²) in [4.78, 5) is 6.96. The van der Waals surface area contributed by atoms with Gasteiger partial charge in [0.1, 0.15) is 11.6 Å². The van der Waals surface area contributed by atoms with Gasteiger partial charge in [0.15, 0.2) is 0 Å². The number of ether oxygens (including phenoxy) is 1. The summed E-state index contributed by atoms with van der Waals surface area (Å²) in [6.07, 6.45) is 0. The Morgan fingerprint density at radius 1 is 1.32 bits per heavy atom. The van der Waals surface area contributed by atoms with Crippen LogP contribution in [0.5, 0.6) is 0 Å². The molecule has 1 atom stereocenters. The van der Waals surface area contributed by atoms with E-state index in [0.717, 1.165) is 51.0 Å². The standard InChI is InChI=1S/C14H24N4O/c1-3-15-13-5-4-6-14(17-13)16-12(2)11-18-7-9-19-10-8-18/h4-6,12H,3,7-11H2,1-2H3,(H2,15,16,17). The fraction of sp³-hybridized carbons (Fsp3) is 0.643. The zero-order valence-electron chi connectivity index (χ0n) is 11.9. The smallest absolute Gasteiger partial charge is 0.128 e. The lowest BCUT2D eigenvalue weighted by molar-refractivity contribution is 0.0368. The number of pyridine rings is 1. The molecule has 2 heterocycles. The molecule has 1 aliphatic heterocycles. The van der Waals surface area contributed by atoms with E-state index in [9.17, 15) is 0 Å². The molecule has 2 rings (SSSR count). The first-order chi connectivity index (χ1) is 9.28. The Kier molecular flexibility index (Phi) is 5.42. The van der Waals surface area contributed by atoms with E-state index in [2.05, 4.69) is 34.4 Å². The number of morpholine rings is 1. The lowest BCUT2D eigenvalue weighted by atomic mass is 10.3. The van der Waals surface area contributed by atoms with Gasteiger partial charge in [-0.05, 0) is 26.0 Å². The van der Waals surface area contributed by atoms with Crippen LogP contribution in [0.1, 0.15) is 13.8 Å². The average Bonchev–Trinajstić information content (AvgIpc) is 2.40. The van der Waals surface area contributed by atoms with E-state index in [1.54, 1.807) is 0 Å². The fourth-order valence-corrected chi connectivity index (χ4v) is 2.26. The van der Waals surface area contributed by atoms with Crippen molar-refractivity contribution in [3.05, 3.63) is 18.2 Å². The first kappa shape index (κ1) is 14.1. The summed E-state index contributed by atoms with van der Waals surface area (Å²) in [5.74, 6) is 1.85. The van der Waals surface area contributed by atoms with Crippen LogP contribution >= 0.6 is 0 Å². The number of nitrogens with one attached hydrogen (secondary N) is 2. The molecule has 0 saturated carbocycles. The Labute approximate surface area is 115 Å². The maximum atomic E-state index is 5.36. The van der Waals surface area contributed by atoms with E-state index in [1.807, 2.05) is 18.2 Å². The van der Waals surface area contributed by atoms with E-state index in [1.165, 1.54) is 0 Å². The summed E-state index contributed by atoms with van der Waals surface area (Å²) in [7, 11) is 0. The van der Waals surface area contributed by atoms with E-state index < -0.39 is 0 Å². The van der Waals surface area contributed by atoms with Gasteiger partial charge in [-0.15, -0.1) is 0 Å². The average molecular weight is 264 g/mol. The molecule has 5 nitrogen and oxygen atoms in total. The van der Waals surface area contributed by atoms with Crippen molar-refractivity contribution in [2.75, 3.05) is 50.0 Å². The topological polar surface area (TPSA) is 49.4 Å². The zero-order valence-corrected chi connectivity index (χ0v) is 11.9. The van der Waals surface area contributed by atoms with Gasteiger partial charge in [0, 0.05) is 32.2 Å². The predicted octanol–water partition coefficient (Wildman–Crippen LogP) is 1.65. The zero-order chi connectivity index (χ0) is 13.5. The molecule has 0 radical (unpaired) electrons. The van der Waals surface area contributed by atoms with Crippen LogP contribution in [-0.4, -0.2) is 55.3 Å². The molecule has 1 aromatic heterocycles. The second-order valence-electron chi connectivity index (χ2n) is 4.90. The second-order valence-corrected chi connectivity index (χ2v) is 4.90. The molecule has 0 aliphatic carbocycles. The third-order valence-electron chi connectivity index (χ3n) is 3.14. The highest BCUT2D eigenvalue weighted by Crippen LogP contribution is 2.10. The molecule has 106 valence electrons. The van der Waals surface area contributed by atoms with Crippen LogP contribution in [0.15, 0.2) is 18.2 Å². The summed E-state index contributed by atoms with van der Waals surface area (Å²) in [5.41, 5.74) is 0. The van der Waals surface area contributed by atoms with Crippen LogP contribution in [0.3, 0.4) is 0 Å². The molecule has 1 saturated heterocycles. The molecular weight excluding hydrogens is 240 g/mol. The highest BCUT2D eigenvalue weighted by Gasteiger charge is 2.13. The van der Waals surface area contributed by atoms with E-state index in [-0.39, 0.29) is 0 Å². The Bertz CT molecular complexity index is 379. The summed E-state index contributed by atoms with van der Waals surface area (Å²) in [6, 6.07) is 6.40. The molecule has 2 N–H and O–H groups in total. The van der Waals surface area contributed by atoms with E-state index in [4.69, 9.17) is 4.74 Å². The van der Waals surface area contributed by atoms with Gasteiger partial charge >= 0.3 is 0 Å². The largest absolute Gasteiger partial charge is 0.379 e. The molecule has 0 amide bonds. The summed E-state index contributed by atoms with van der Waals surface area (Å²) in [5, 5.41) is 6.68. The van der Waals surface area contributed by atoms with E-state index in [0.29, 0.717) is 6.04 Å². The minimum Gasteiger partial charge on any atom is -0.379 e. The number of nitrogens with zero attached hydrogens (tertiary/aromatic N) is 2. The summed E-state index contributed by atoms with van der Waals surface area (Å²) >= 11 is 0. The highest BCUT2D eigenvalue weighted by molar-refractivity contribution is 5.45. The van der Waals surface area contributed by atoms with Gasteiger partial charge in [0.2, 0.25) is 0 Å². The van der Waals surface area contributed by atoms with Crippen LogP contribution in [0.2, 0.25) is 0 Å². The Balaban J connectivity index is 1.83. The third-order valence-corrected chi connectivity index (χ3v) is 3.14. The first-order valence-corrected chi connectivity index (χ1v) is 7.05. The lowest BCUT2D eigenvalue weighted by Crippen LogP contribution is -2.42. The minimum absolute atomic E-state index is 0.377. The molecular formula is C14H24N4O. The Hall–Kier alpha value is -1.33. The van der Waals surface area contributed by atoms with Crippen molar-refractivity contribution in [3.63, 3.8) is 0 Å². The van der Waals surface area contributed by atoms with Gasteiger partial charge in [-0.3, -0.25) is 4.90 Å². The molecule has 19 heavy (non-hydrogen) atoms. The quantitative estimate of drug-likeness (QED) is 0.818. The van der Waals surface area contributed by atoms with Crippen molar-refractivity contribution in [2.45, 2.75) is 19.9 Å². The lowest BCUT2D eigenvalue weighted by Gasteiger charge is -2.29. The summed E-state index contributed by atoms with van der Waals surface area (Å²) < 4.78 is 5.36. The molecule has 0 spiro atoms. The van der Waals surface area contributed by atoms with Crippen LogP contribution < -0.4 is 10.6 Å². The molecule has 1 fully saturated rings. The van der Waals surface area contributed by atoms with Crippen molar-refractivity contribution in [1.82, 2.24) is 9.88 Å².